The van der Waals surface area contributed by atoms with Crippen LogP contribution in [0.3, 0.4) is 0 Å². The van der Waals surface area contributed by atoms with Crippen LogP contribution in [0.1, 0.15) is 61.2 Å². The number of benzene rings is 2. The van der Waals surface area contributed by atoms with Crippen molar-refractivity contribution in [3.05, 3.63) is 52.6 Å². The fraction of sp³-hybridized carbons (Fsp3) is 0.536. The van der Waals surface area contributed by atoms with E-state index in [2.05, 4.69) is 23.2 Å². The molecule has 0 bridgehead atoms. The third kappa shape index (κ3) is 7.61. The minimum atomic E-state index is -0.403. The average molecular weight is 484 g/mol. The van der Waals surface area contributed by atoms with Gasteiger partial charge in [-0.2, -0.15) is 0 Å². The first kappa shape index (κ1) is 26.8. The van der Waals surface area contributed by atoms with Crippen molar-refractivity contribution in [1.82, 2.24) is 5.32 Å². The lowest BCUT2D eigenvalue weighted by molar-refractivity contribution is 0.100. The van der Waals surface area contributed by atoms with Crippen LogP contribution in [-0.2, 0) is 12.8 Å². The van der Waals surface area contributed by atoms with Gasteiger partial charge < -0.3 is 30.5 Å². The molecule has 7 heteroatoms. The summed E-state index contributed by atoms with van der Waals surface area (Å²) in [6.45, 7) is 13.2. The molecule has 35 heavy (non-hydrogen) atoms. The summed E-state index contributed by atoms with van der Waals surface area (Å²) in [7, 11) is 0. The molecule has 7 nitrogen and oxygen atoms in total. The maximum atomic E-state index is 12.2. The number of nitrogens with one attached hydrogen (secondary N) is 1. The Labute approximate surface area is 209 Å². The van der Waals surface area contributed by atoms with Gasteiger partial charge in [0, 0.05) is 32.3 Å². The summed E-state index contributed by atoms with van der Waals surface area (Å²) in [4.78, 5) is 14.4. The quantitative estimate of drug-likeness (QED) is 0.399. The van der Waals surface area contributed by atoms with Crippen LogP contribution >= 0.6 is 0 Å². The van der Waals surface area contributed by atoms with Gasteiger partial charge >= 0.3 is 0 Å². The molecule has 1 atom stereocenters. The van der Waals surface area contributed by atoms with Crippen LogP contribution in [0, 0.1) is 6.92 Å². The van der Waals surface area contributed by atoms with E-state index in [4.69, 9.17) is 15.2 Å². The molecule has 0 aromatic heterocycles. The molecule has 0 spiro atoms. The van der Waals surface area contributed by atoms with Gasteiger partial charge in [0.1, 0.15) is 12.2 Å². The Kier molecular flexibility index (Phi) is 9.03. The Morgan fingerprint density at radius 2 is 2.00 bits per heavy atom. The van der Waals surface area contributed by atoms with Gasteiger partial charge in [0.2, 0.25) is 0 Å². The minimum Gasteiger partial charge on any atom is -0.488 e. The Morgan fingerprint density at radius 1 is 1.23 bits per heavy atom. The first-order valence-electron chi connectivity index (χ1n) is 12.5. The molecule has 192 valence electrons. The van der Waals surface area contributed by atoms with E-state index in [0.29, 0.717) is 25.1 Å². The van der Waals surface area contributed by atoms with Crippen LogP contribution in [0.5, 0.6) is 11.5 Å². The number of amides is 1. The number of carbonyl (C=O) groups excluding carboxylic acids is 1. The highest BCUT2D eigenvalue weighted by Crippen LogP contribution is 2.34. The summed E-state index contributed by atoms with van der Waals surface area (Å²) >= 11 is 0. The summed E-state index contributed by atoms with van der Waals surface area (Å²) in [6.07, 6.45) is 2.35. The number of nitrogens with two attached hydrogens (primary N) is 1. The molecule has 0 aliphatic carbocycles. The van der Waals surface area contributed by atoms with Crippen molar-refractivity contribution in [2.75, 3.05) is 37.7 Å². The number of aliphatic hydroxyl groups is 1. The van der Waals surface area contributed by atoms with E-state index in [1.165, 1.54) is 0 Å². The highest BCUT2D eigenvalue weighted by atomic mass is 16.5. The second-order valence-corrected chi connectivity index (χ2v) is 10.4. The van der Waals surface area contributed by atoms with Gasteiger partial charge in [-0.3, -0.25) is 4.79 Å². The molecular weight excluding hydrogens is 442 g/mol. The average Bonchev–Trinajstić information content (AvgIpc) is 3.17. The van der Waals surface area contributed by atoms with E-state index in [9.17, 15) is 9.90 Å². The van der Waals surface area contributed by atoms with Crippen LogP contribution in [0.4, 0.5) is 5.69 Å². The standard InChI is InChI=1S/C28H41N3O4/c1-19-7-8-24(25(15-19)35-28(3,4)5)34-14-10-30-20(2)16-21-17-22-9-12-31(11-6-13-32)26(22)23(18-21)27(29)33/h7-8,15,17-18,20,30,32H,6,9-14,16H2,1-5H3,(H2,29,33)/t20-/m1/s1. The van der Waals surface area contributed by atoms with E-state index < -0.39 is 5.91 Å². The topological polar surface area (TPSA) is 97.0 Å². The lowest BCUT2D eigenvalue weighted by Gasteiger charge is -2.24. The monoisotopic (exact) mass is 483 g/mol. The number of rotatable bonds is 12. The molecule has 2 aromatic carbocycles. The molecule has 2 aromatic rings. The lowest BCUT2D eigenvalue weighted by Crippen LogP contribution is -2.32. The highest BCUT2D eigenvalue weighted by Gasteiger charge is 2.25. The number of hydrogen-bond acceptors (Lipinski definition) is 6. The molecule has 1 amide bonds. The van der Waals surface area contributed by atoms with Crippen LogP contribution in [0.25, 0.3) is 0 Å². The number of nitrogens with zero attached hydrogens (tertiary/aromatic N) is 1. The number of ether oxygens (including phenoxy) is 2. The number of hydrogen-bond donors (Lipinski definition) is 3. The van der Waals surface area contributed by atoms with Crippen molar-refractivity contribution >= 4 is 11.6 Å². The predicted octanol–water partition coefficient (Wildman–Crippen LogP) is 3.62. The Bertz CT molecular complexity index is 1020. The van der Waals surface area contributed by atoms with Crippen LogP contribution in [0.2, 0.25) is 0 Å². The van der Waals surface area contributed by atoms with E-state index >= 15 is 0 Å². The van der Waals surface area contributed by atoms with E-state index in [1.807, 2.05) is 52.0 Å². The number of aryl methyl sites for hydroxylation is 1. The van der Waals surface area contributed by atoms with Gasteiger partial charge in [0.25, 0.3) is 5.91 Å². The summed E-state index contributed by atoms with van der Waals surface area (Å²) in [5.41, 5.74) is 10.3. The molecule has 0 saturated heterocycles. The maximum Gasteiger partial charge on any atom is 0.250 e. The van der Waals surface area contributed by atoms with Gasteiger partial charge in [-0.25, -0.2) is 0 Å². The van der Waals surface area contributed by atoms with Crippen molar-refractivity contribution in [2.24, 2.45) is 5.73 Å². The van der Waals surface area contributed by atoms with Gasteiger partial charge in [0.05, 0.1) is 11.3 Å². The number of primary amides is 1. The summed E-state index contributed by atoms with van der Waals surface area (Å²) in [6, 6.07) is 10.3. The number of aliphatic hydroxyl groups excluding tert-OH is 1. The zero-order valence-corrected chi connectivity index (χ0v) is 21.8. The summed E-state index contributed by atoms with van der Waals surface area (Å²) < 4.78 is 12.1. The molecule has 1 aliphatic heterocycles. The van der Waals surface area contributed by atoms with Gasteiger partial charge in [-0.15, -0.1) is 0 Å². The zero-order chi connectivity index (χ0) is 25.6. The smallest absolute Gasteiger partial charge is 0.250 e. The van der Waals surface area contributed by atoms with Crippen LogP contribution < -0.4 is 25.4 Å². The van der Waals surface area contributed by atoms with Gasteiger partial charge in [0.15, 0.2) is 11.5 Å². The van der Waals surface area contributed by atoms with Gasteiger partial charge in [-0.05, 0) is 88.8 Å². The lowest BCUT2D eigenvalue weighted by atomic mass is 9.98. The second kappa shape index (κ2) is 11.8. The highest BCUT2D eigenvalue weighted by molar-refractivity contribution is 6.00. The molecule has 4 N–H and O–H groups in total. The fourth-order valence-electron chi connectivity index (χ4n) is 4.52. The maximum absolute atomic E-state index is 12.2. The number of fused-ring (bicyclic) bond motifs is 1. The SMILES string of the molecule is Cc1ccc(OCCN[C@H](C)Cc2cc3c(c(C(N)=O)c2)N(CCCO)CC3)c(OC(C)(C)C)c1. The molecule has 0 unspecified atom stereocenters. The molecular formula is C28H41N3O4. The minimum absolute atomic E-state index is 0.136. The van der Waals surface area contributed by atoms with Crippen molar-refractivity contribution in [3.8, 4) is 11.5 Å². The van der Waals surface area contributed by atoms with Crippen molar-refractivity contribution in [3.63, 3.8) is 0 Å². The second-order valence-electron chi connectivity index (χ2n) is 10.4. The van der Waals surface area contributed by atoms with E-state index in [-0.39, 0.29) is 18.2 Å². The first-order chi connectivity index (χ1) is 16.6. The molecule has 1 aliphatic rings. The largest absolute Gasteiger partial charge is 0.488 e. The number of anilines is 1. The first-order valence-corrected chi connectivity index (χ1v) is 12.5. The third-order valence-corrected chi connectivity index (χ3v) is 5.98. The predicted molar refractivity (Wildman–Crippen MR) is 141 cm³/mol. The molecule has 0 radical (unpaired) electrons. The van der Waals surface area contributed by atoms with Gasteiger partial charge in [-0.1, -0.05) is 12.1 Å². The summed E-state index contributed by atoms with van der Waals surface area (Å²) in [5.74, 6) is 1.10. The van der Waals surface area contributed by atoms with E-state index in [1.54, 1.807) is 0 Å². The fourth-order valence-corrected chi connectivity index (χ4v) is 4.52. The Morgan fingerprint density at radius 3 is 2.69 bits per heavy atom. The van der Waals surface area contributed by atoms with Crippen molar-refractivity contribution in [1.29, 1.82) is 0 Å². The molecule has 1 heterocycles. The Hall–Kier alpha value is -2.77. The van der Waals surface area contributed by atoms with Crippen molar-refractivity contribution in [2.45, 2.75) is 65.5 Å². The van der Waals surface area contributed by atoms with Crippen LogP contribution in [-0.4, -0.2) is 55.5 Å². The Balaban J connectivity index is 1.57. The molecule has 0 saturated carbocycles. The molecule has 3 rings (SSSR count). The van der Waals surface area contributed by atoms with Crippen molar-refractivity contribution < 1.29 is 19.4 Å². The van der Waals surface area contributed by atoms with E-state index in [0.717, 1.165) is 59.8 Å². The zero-order valence-electron chi connectivity index (χ0n) is 21.8. The number of carbonyl (C=O) groups is 1. The normalized spacial score (nSPS) is 14.1. The van der Waals surface area contributed by atoms with Crippen LogP contribution in [0.15, 0.2) is 30.3 Å². The molecule has 0 fully saturated rings. The third-order valence-electron chi connectivity index (χ3n) is 5.98. The summed E-state index contributed by atoms with van der Waals surface area (Å²) in [5, 5.41) is 12.7.